The lowest BCUT2D eigenvalue weighted by molar-refractivity contribution is 0.828. The fraction of sp³-hybridized carbons (Fsp3) is 0.300. The van der Waals surface area contributed by atoms with E-state index >= 15 is 0 Å². The molecule has 0 atom stereocenters. The Hall–Kier alpha value is -2.62. The van der Waals surface area contributed by atoms with Gasteiger partial charge in [-0.05, 0) is 31.7 Å². The SMILES string of the molecule is C=CCc1c(C)nc2c(-c3ccccc3)cnn2c1N1CCCC1. The van der Waals surface area contributed by atoms with Crippen LogP contribution in [0.25, 0.3) is 16.8 Å². The summed E-state index contributed by atoms with van der Waals surface area (Å²) in [6.07, 6.45) is 7.19. The molecule has 1 aliphatic rings. The van der Waals surface area contributed by atoms with Crippen molar-refractivity contribution in [2.75, 3.05) is 18.0 Å². The van der Waals surface area contributed by atoms with Crippen LogP contribution in [-0.2, 0) is 6.42 Å². The summed E-state index contributed by atoms with van der Waals surface area (Å²) in [6.45, 7) is 8.19. The quantitative estimate of drug-likeness (QED) is 0.681. The topological polar surface area (TPSA) is 33.4 Å². The second kappa shape index (κ2) is 6.11. The summed E-state index contributed by atoms with van der Waals surface area (Å²) < 4.78 is 2.03. The van der Waals surface area contributed by atoms with E-state index < -0.39 is 0 Å². The van der Waals surface area contributed by atoms with Gasteiger partial charge in [0.05, 0.1) is 6.20 Å². The van der Waals surface area contributed by atoms with E-state index in [-0.39, 0.29) is 0 Å². The Morgan fingerprint density at radius 3 is 2.62 bits per heavy atom. The third-order valence-corrected chi connectivity index (χ3v) is 4.76. The van der Waals surface area contributed by atoms with Gasteiger partial charge < -0.3 is 4.90 Å². The molecule has 2 aromatic heterocycles. The third-order valence-electron chi connectivity index (χ3n) is 4.76. The first-order chi connectivity index (χ1) is 11.8. The first kappa shape index (κ1) is 14.9. The normalized spacial score (nSPS) is 14.5. The van der Waals surface area contributed by atoms with E-state index in [1.165, 1.54) is 24.2 Å². The molecular weight excluding hydrogens is 296 g/mol. The van der Waals surface area contributed by atoms with Crippen LogP contribution in [0.3, 0.4) is 0 Å². The summed E-state index contributed by atoms with van der Waals surface area (Å²) in [5.41, 5.74) is 5.49. The predicted molar refractivity (Wildman–Crippen MR) is 98.5 cm³/mol. The van der Waals surface area contributed by atoms with Gasteiger partial charge in [-0.1, -0.05) is 36.4 Å². The van der Waals surface area contributed by atoms with E-state index in [0.717, 1.165) is 42.0 Å². The van der Waals surface area contributed by atoms with Gasteiger partial charge in [0.15, 0.2) is 5.65 Å². The van der Waals surface area contributed by atoms with E-state index in [1.54, 1.807) is 0 Å². The molecule has 0 N–H and O–H groups in total. The van der Waals surface area contributed by atoms with E-state index in [9.17, 15) is 0 Å². The molecule has 0 aliphatic carbocycles. The maximum atomic E-state index is 4.89. The average Bonchev–Trinajstić information content (AvgIpc) is 3.26. The molecule has 0 unspecified atom stereocenters. The van der Waals surface area contributed by atoms with Gasteiger partial charge in [0.2, 0.25) is 0 Å². The summed E-state index contributed by atoms with van der Waals surface area (Å²) in [5.74, 6) is 1.19. The highest BCUT2D eigenvalue weighted by atomic mass is 15.4. The number of allylic oxidation sites excluding steroid dienone is 1. The van der Waals surface area contributed by atoms with Crippen molar-refractivity contribution in [3.63, 3.8) is 0 Å². The Labute approximate surface area is 142 Å². The summed E-state index contributed by atoms with van der Waals surface area (Å²) in [7, 11) is 0. The van der Waals surface area contributed by atoms with Gasteiger partial charge in [-0.25, -0.2) is 4.98 Å². The van der Waals surface area contributed by atoms with Gasteiger partial charge in [0.1, 0.15) is 5.82 Å². The fourth-order valence-electron chi connectivity index (χ4n) is 3.58. The zero-order valence-corrected chi connectivity index (χ0v) is 14.1. The van der Waals surface area contributed by atoms with Crippen molar-refractivity contribution in [3.05, 3.63) is 60.4 Å². The number of aromatic nitrogens is 3. The van der Waals surface area contributed by atoms with Crippen LogP contribution in [0.2, 0.25) is 0 Å². The molecule has 0 saturated carbocycles. The molecule has 3 aromatic rings. The van der Waals surface area contributed by atoms with Crippen molar-refractivity contribution in [1.82, 2.24) is 14.6 Å². The number of hydrogen-bond donors (Lipinski definition) is 0. The van der Waals surface area contributed by atoms with Crippen LogP contribution in [0, 0.1) is 6.92 Å². The lowest BCUT2D eigenvalue weighted by atomic mass is 10.1. The Bertz CT molecular complexity index is 874. The zero-order chi connectivity index (χ0) is 16.5. The number of hydrogen-bond acceptors (Lipinski definition) is 3. The van der Waals surface area contributed by atoms with Crippen LogP contribution in [0.5, 0.6) is 0 Å². The van der Waals surface area contributed by atoms with Gasteiger partial charge in [0, 0.05) is 29.9 Å². The number of anilines is 1. The number of rotatable bonds is 4. The molecule has 3 heterocycles. The van der Waals surface area contributed by atoms with Crippen LogP contribution in [0.4, 0.5) is 5.82 Å². The molecule has 0 bridgehead atoms. The molecule has 122 valence electrons. The summed E-state index contributed by atoms with van der Waals surface area (Å²) in [4.78, 5) is 7.34. The standard InChI is InChI=1S/C20H22N4/c1-3-9-17-15(2)22-19-18(16-10-5-4-6-11-16)14-21-24(19)20(17)23-12-7-8-13-23/h3-6,10-11,14H,1,7-9,12-13H2,2H3. The first-order valence-electron chi connectivity index (χ1n) is 8.58. The lowest BCUT2D eigenvalue weighted by Gasteiger charge is -2.23. The fourth-order valence-corrected chi connectivity index (χ4v) is 3.58. The highest BCUT2D eigenvalue weighted by Crippen LogP contribution is 2.32. The lowest BCUT2D eigenvalue weighted by Crippen LogP contribution is -2.24. The number of benzene rings is 1. The summed E-state index contributed by atoms with van der Waals surface area (Å²) >= 11 is 0. The minimum atomic E-state index is 0.821. The molecule has 1 saturated heterocycles. The third kappa shape index (κ3) is 2.39. The second-order valence-corrected chi connectivity index (χ2v) is 6.35. The Kier molecular flexibility index (Phi) is 3.81. The maximum Gasteiger partial charge on any atom is 0.165 e. The Morgan fingerprint density at radius 1 is 1.17 bits per heavy atom. The second-order valence-electron chi connectivity index (χ2n) is 6.35. The molecule has 4 rings (SSSR count). The highest BCUT2D eigenvalue weighted by Gasteiger charge is 2.23. The number of fused-ring (bicyclic) bond motifs is 1. The molecule has 1 fully saturated rings. The van der Waals surface area contributed by atoms with E-state index in [4.69, 9.17) is 10.1 Å². The molecule has 1 aromatic carbocycles. The van der Waals surface area contributed by atoms with Gasteiger partial charge in [-0.2, -0.15) is 9.61 Å². The monoisotopic (exact) mass is 318 g/mol. The Morgan fingerprint density at radius 2 is 1.92 bits per heavy atom. The Balaban J connectivity index is 1.97. The van der Waals surface area contributed by atoms with Crippen LogP contribution in [0.1, 0.15) is 24.1 Å². The number of nitrogens with zero attached hydrogens (tertiary/aromatic N) is 4. The van der Waals surface area contributed by atoms with Crippen LogP contribution >= 0.6 is 0 Å². The van der Waals surface area contributed by atoms with Crippen molar-refractivity contribution in [2.24, 2.45) is 0 Å². The molecule has 0 spiro atoms. The molecule has 24 heavy (non-hydrogen) atoms. The number of aryl methyl sites for hydroxylation is 1. The zero-order valence-electron chi connectivity index (χ0n) is 14.1. The summed E-state index contributed by atoms with van der Waals surface area (Å²) in [5, 5.41) is 4.70. The maximum absolute atomic E-state index is 4.89. The molecule has 4 nitrogen and oxygen atoms in total. The van der Waals surface area contributed by atoms with Crippen molar-refractivity contribution < 1.29 is 0 Å². The first-order valence-corrected chi connectivity index (χ1v) is 8.58. The van der Waals surface area contributed by atoms with Crippen molar-refractivity contribution in [3.8, 4) is 11.1 Å². The van der Waals surface area contributed by atoms with E-state index in [1.807, 2.05) is 22.9 Å². The van der Waals surface area contributed by atoms with E-state index in [2.05, 4.69) is 42.7 Å². The van der Waals surface area contributed by atoms with Crippen molar-refractivity contribution in [2.45, 2.75) is 26.2 Å². The highest BCUT2D eigenvalue weighted by molar-refractivity contribution is 5.79. The van der Waals surface area contributed by atoms with Crippen LogP contribution in [-0.4, -0.2) is 27.7 Å². The van der Waals surface area contributed by atoms with Crippen LogP contribution < -0.4 is 4.90 Å². The van der Waals surface area contributed by atoms with Gasteiger partial charge in [-0.15, -0.1) is 6.58 Å². The average molecular weight is 318 g/mol. The smallest absolute Gasteiger partial charge is 0.165 e. The van der Waals surface area contributed by atoms with Crippen LogP contribution in [0.15, 0.2) is 49.2 Å². The largest absolute Gasteiger partial charge is 0.356 e. The van der Waals surface area contributed by atoms with Gasteiger partial charge in [0.25, 0.3) is 0 Å². The minimum Gasteiger partial charge on any atom is -0.356 e. The molecule has 0 radical (unpaired) electrons. The molecular formula is C20H22N4. The van der Waals surface area contributed by atoms with E-state index in [0.29, 0.717) is 0 Å². The molecule has 1 aliphatic heterocycles. The minimum absolute atomic E-state index is 0.821. The molecule has 0 amide bonds. The summed E-state index contributed by atoms with van der Waals surface area (Å²) in [6, 6.07) is 10.4. The van der Waals surface area contributed by atoms with Crippen molar-refractivity contribution >= 4 is 11.5 Å². The van der Waals surface area contributed by atoms with Crippen molar-refractivity contribution in [1.29, 1.82) is 0 Å². The molecule has 4 heteroatoms. The van der Waals surface area contributed by atoms with Gasteiger partial charge in [-0.3, -0.25) is 0 Å². The predicted octanol–water partition coefficient (Wildman–Crippen LogP) is 4.03. The van der Waals surface area contributed by atoms with Gasteiger partial charge >= 0.3 is 0 Å².